The van der Waals surface area contributed by atoms with E-state index in [9.17, 15) is 26.4 Å². The molecular weight excluding hydrogens is 291 g/mol. The van der Waals surface area contributed by atoms with Gasteiger partial charge < -0.3 is 9.84 Å². The van der Waals surface area contributed by atoms with Crippen molar-refractivity contribution in [3.8, 4) is 0 Å². The number of carboxylic acid groups (broad SMARTS) is 1. The van der Waals surface area contributed by atoms with Crippen LogP contribution in [0.1, 0.15) is 6.92 Å². The number of hydrogen-bond acceptors (Lipinski definition) is 4. The average molecular weight is 307 g/mol. The Morgan fingerprint density at radius 3 is 2.37 bits per heavy atom. The molecule has 10 heteroatoms. The van der Waals surface area contributed by atoms with Gasteiger partial charge in [-0.15, -0.1) is 0 Å². The van der Waals surface area contributed by atoms with Crippen molar-refractivity contribution < 1.29 is 36.2 Å². The van der Waals surface area contributed by atoms with E-state index in [4.69, 9.17) is 5.11 Å². The van der Waals surface area contributed by atoms with E-state index in [-0.39, 0.29) is 6.54 Å². The van der Waals surface area contributed by atoms with Gasteiger partial charge in [0.1, 0.15) is 6.61 Å². The summed E-state index contributed by atoms with van der Waals surface area (Å²) in [5, 5.41) is 8.63. The number of ether oxygens (including phenoxy) is 1. The van der Waals surface area contributed by atoms with Crippen LogP contribution < -0.4 is 0 Å². The molecule has 0 aromatic carbocycles. The molecule has 0 radical (unpaired) electrons. The second kappa shape index (κ2) is 7.06. The summed E-state index contributed by atoms with van der Waals surface area (Å²) in [5.74, 6) is -2.70. The fourth-order valence-electron chi connectivity index (χ4n) is 1.09. The molecule has 0 aliphatic rings. The third-order valence-corrected chi connectivity index (χ3v) is 3.96. The minimum Gasteiger partial charge on any atom is -0.481 e. The van der Waals surface area contributed by atoms with E-state index in [1.54, 1.807) is 0 Å². The Morgan fingerprint density at radius 2 is 1.95 bits per heavy atom. The monoisotopic (exact) mass is 307 g/mol. The topological polar surface area (TPSA) is 83.9 Å². The summed E-state index contributed by atoms with van der Waals surface area (Å²) < 4.78 is 63.4. The standard InChI is InChI=1S/C9H16F3NO5S/c1-7(8(14)15)5-13(2)19(16,17)4-3-18-6-9(10,11)12/h7H,3-6H2,1-2H3,(H,14,15). The van der Waals surface area contributed by atoms with Gasteiger partial charge in [-0.1, -0.05) is 6.92 Å². The quantitative estimate of drug-likeness (QED) is 0.662. The smallest absolute Gasteiger partial charge is 0.411 e. The van der Waals surface area contributed by atoms with Gasteiger partial charge >= 0.3 is 12.1 Å². The molecule has 0 amide bonds. The van der Waals surface area contributed by atoms with Crippen LogP contribution >= 0.6 is 0 Å². The lowest BCUT2D eigenvalue weighted by atomic mass is 10.2. The highest BCUT2D eigenvalue weighted by atomic mass is 32.2. The molecule has 0 spiro atoms. The van der Waals surface area contributed by atoms with Crippen molar-refractivity contribution in [3.63, 3.8) is 0 Å². The lowest BCUT2D eigenvalue weighted by molar-refractivity contribution is -0.172. The van der Waals surface area contributed by atoms with Gasteiger partial charge in [0.25, 0.3) is 0 Å². The summed E-state index contributed by atoms with van der Waals surface area (Å²) >= 11 is 0. The number of carbonyl (C=O) groups is 1. The van der Waals surface area contributed by atoms with Gasteiger partial charge in [0, 0.05) is 13.6 Å². The van der Waals surface area contributed by atoms with Crippen molar-refractivity contribution in [1.82, 2.24) is 4.31 Å². The Morgan fingerprint density at radius 1 is 1.42 bits per heavy atom. The molecule has 0 bridgehead atoms. The maximum atomic E-state index is 11.7. The molecule has 0 aromatic rings. The number of hydrogen-bond donors (Lipinski definition) is 1. The van der Waals surface area contributed by atoms with Crippen LogP contribution in [0.4, 0.5) is 13.2 Å². The van der Waals surface area contributed by atoms with Gasteiger partial charge in [0.15, 0.2) is 0 Å². The Balaban J connectivity index is 4.21. The molecular formula is C9H16F3NO5S. The highest BCUT2D eigenvalue weighted by Gasteiger charge is 2.28. The average Bonchev–Trinajstić information content (AvgIpc) is 2.22. The SMILES string of the molecule is CC(CN(C)S(=O)(=O)CCOCC(F)(F)F)C(=O)O. The lowest BCUT2D eigenvalue weighted by Gasteiger charge is -2.19. The Hall–Kier alpha value is -0.870. The fraction of sp³-hybridized carbons (Fsp3) is 0.889. The first-order valence-corrected chi connectivity index (χ1v) is 6.88. The number of alkyl halides is 3. The molecule has 1 atom stereocenters. The molecule has 1 unspecified atom stereocenters. The van der Waals surface area contributed by atoms with Crippen LogP contribution in [0.2, 0.25) is 0 Å². The van der Waals surface area contributed by atoms with Gasteiger partial charge in [-0.05, 0) is 0 Å². The molecule has 0 saturated carbocycles. The van der Waals surface area contributed by atoms with E-state index in [0.717, 1.165) is 4.31 Å². The van der Waals surface area contributed by atoms with Gasteiger partial charge in [-0.3, -0.25) is 4.79 Å². The zero-order valence-corrected chi connectivity index (χ0v) is 11.3. The minimum absolute atomic E-state index is 0.253. The first kappa shape index (κ1) is 18.1. The Bertz CT molecular complexity index is 395. The van der Waals surface area contributed by atoms with Crippen molar-refractivity contribution in [2.24, 2.45) is 5.92 Å². The van der Waals surface area contributed by atoms with Crippen LogP contribution in [-0.4, -0.2) is 62.5 Å². The van der Waals surface area contributed by atoms with E-state index in [2.05, 4.69) is 4.74 Å². The Kier molecular flexibility index (Phi) is 6.73. The van der Waals surface area contributed by atoms with Crippen LogP contribution in [0.3, 0.4) is 0 Å². The molecule has 0 saturated heterocycles. The van der Waals surface area contributed by atoms with E-state index < -0.39 is 47.1 Å². The molecule has 114 valence electrons. The largest absolute Gasteiger partial charge is 0.481 e. The fourth-order valence-corrected chi connectivity index (χ4v) is 2.18. The first-order valence-electron chi connectivity index (χ1n) is 5.27. The van der Waals surface area contributed by atoms with E-state index >= 15 is 0 Å². The predicted molar refractivity (Wildman–Crippen MR) is 60.1 cm³/mol. The number of aliphatic carboxylic acids is 1. The molecule has 0 aromatic heterocycles. The molecule has 0 aliphatic heterocycles. The molecule has 0 fully saturated rings. The predicted octanol–water partition coefficient (Wildman–Crippen LogP) is 0.548. The van der Waals surface area contributed by atoms with Crippen molar-refractivity contribution in [1.29, 1.82) is 0 Å². The number of halogens is 3. The van der Waals surface area contributed by atoms with Crippen molar-refractivity contribution >= 4 is 16.0 Å². The molecule has 6 nitrogen and oxygen atoms in total. The summed E-state index contributed by atoms with van der Waals surface area (Å²) in [6, 6.07) is 0. The molecule has 1 N–H and O–H groups in total. The second-order valence-corrected chi connectivity index (χ2v) is 6.20. The lowest BCUT2D eigenvalue weighted by Crippen LogP contribution is -2.36. The number of nitrogens with zero attached hydrogens (tertiary/aromatic N) is 1. The van der Waals surface area contributed by atoms with Crippen LogP contribution in [0.15, 0.2) is 0 Å². The normalized spacial score (nSPS) is 14.6. The first-order chi connectivity index (χ1) is 8.46. The van der Waals surface area contributed by atoms with Crippen LogP contribution in [0.5, 0.6) is 0 Å². The maximum absolute atomic E-state index is 11.7. The Labute approximate surface area is 109 Å². The van der Waals surface area contributed by atoms with Crippen LogP contribution in [0, 0.1) is 5.92 Å². The molecule has 0 aliphatic carbocycles. The number of sulfonamides is 1. The summed E-state index contributed by atoms with van der Waals surface area (Å²) in [6.45, 7) is -1.04. The molecule has 0 heterocycles. The van der Waals surface area contributed by atoms with Gasteiger partial charge in [-0.2, -0.15) is 13.2 Å². The summed E-state index contributed by atoms with van der Waals surface area (Å²) in [4.78, 5) is 10.6. The highest BCUT2D eigenvalue weighted by molar-refractivity contribution is 7.89. The molecule has 19 heavy (non-hydrogen) atoms. The van der Waals surface area contributed by atoms with E-state index in [1.807, 2.05) is 0 Å². The number of carboxylic acids is 1. The van der Waals surface area contributed by atoms with Crippen LogP contribution in [-0.2, 0) is 19.6 Å². The van der Waals surface area contributed by atoms with E-state index in [0.29, 0.717) is 0 Å². The molecule has 0 rings (SSSR count). The third-order valence-electron chi connectivity index (χ3n) is 2.18. The van der Waals surface area contributed by atoms with Crippen molar-refractivity contribution in [2.45, 2.75) is 13.1 Å². The van der Waals surface area contributed by atoms with Gasteiger partial charge in [0.2, 0.25) is 10.0 Å². The van der Waals surface area contributed by atoms with Gasteiger partial charge in [-0.25, -0.2) is 12.7 Å². The van der Waals surface area contributed by atoms with E-state index in [1.165, 1.54) is 14.0 Å². The van der Waals surface area contributed by atoms with Crippen molar-refractivity contribution in [2.75, 3.05) is 32.6 Å². The van der Waals surface area contributed by atoms with Crippen molar-refractivity contribution in [3.05, 3.63) is 0 Å². The van der Waals surface area contributed by atoms with Crippen LogP contribution in [0.25, 0.3) is 0 Å². The van der Waals surface area contributed by atoms with Gasteiger partial charge in [0.05, 0.1) is 18.3 Å². The third kappa shape index (κ3) is 8.01. The maximum Gasteiger partial charge on any atom is 0.411 e. The minimum atomic E-state index is -4.51. The summed E-state index contributed by atoms with van der Waals surface area (Å²) in [5.41, 5.74) is 0. The zero-order chi connectivity index (χ0) is 15.3. The second-order valence-electron chi connectivity index (χ2n) is 4.00. The highest BCUT2D eigenvalue weighted by Crippen LogP contribution is 2.14. The summed E-state index contributed by atoms with van der Waals surface area (Å²) in [6.07, 6.45) is -4.51. The summed E-state index contributed by atoms with van der Waals surface area (Å²) in [7, 11) is -2.66. The zero-order valence-electron chi connectivity index (χ0n) is 10.5. The number of rotatable bonds is 8.